The van der Waals surface area contributed by atoms with Crippen LogP contribution in [0.4, 0.5) is 23.7 Å². The highest BCUT2D eigenvalue weighted by Gasteiger charge is 2.41. The van der Waals surface area contributed by atoms with Gasteiger partial charge >= 0.3 is 12.2 Å². The number of carbonyl (C=O) groups excluding carboxylic acids is 3. The van der Waals surface area contributed by atoms with Crippen molar-refractivity contribution in [3.63, 3.8) is 0 Å². The molecule has 4 amide bonds. The first-order valence-corrected chi connectivity index (χ1v) is 12.2. The molecule has 0 saturated carbocycles. The van der Waals surface area contributed by atoms with Crippen molar-refractivity contribution >= 4 is 23.5 Å². The van der Waals surface area contributed by atoms with E-state index in [0.29, 0.717) is 56.8 Å². The zero-order valence-corrected chi connectivity index (χ0v) is 20.0. The first-order chi connectivity index (χ1) is 17.6. The minimum absolute atomic E-state index is 0.0982. The van der Waals surface area contributed by atoms with E-state index in [1.54, 1.807) is 11.0 Å². The molecule has 37 heavy (non-hydrogen) atoms. The van der Waals surface area contributed by atoms with Gasteiger partial charge in [-0.25, -0.2) is 4.79 Å². The molecule has 2 saturated heterocycles. The highest BCUT2D eigenvalue weighted by atomic mass is 19.4. The van der Waals surface area contributed by atoms with Crippen LogP contribution in [0.3, 0.4) is 0 Å². The molecule has 11 heteroatoms. The Labute approximate surface area is 211 Å². The summed E-state index contributed by atoms with van der Waals surface area (Å²) in [4.78, 5) is 39.6. The lowest BCUT2D eigenvalue weighted by molar-refractivity contribution is -0.138. The average Bonchev–Trinajstić information content (AvgIpc) is 3.10. The third-order valence-corrected chi connectivity index (χ3v) is 7.26. The number of fused-ring (bicyclic) bond motifs is 1. The summed E-state index contributed by atoms with van der Waals surface area (Å²) in [6.45, 7) is 1.77. The lowest BCUT2D eigenvalue weighted by Gasteiger charge is -2.41. The summed E-state index contributed by atoms with van der Waals surface area (Å²) in [7, 11) is 0. The Bertz CT molecular complexity index is 1210. The molecule has 3 aliphatic rings. The van der Waals surface area contributed by atoms with E-state index in [4.69, 9.17) is 4.74 Å². The smallest absolute Gasteiger partial charge is 0.416 e. The van der Waals surface area contributed by atoms with Crippen molar-refractivity contribution in [1.82, 2.24) is 15.5 Å². The van der Waals surface area contributed by atoms with E-state index in [9.17, 15) is 27.6 Å². The average molecular weight is 517 g/mol. The second kappa shape index (κ2) is 9.60. The van der Waals surface area contributed by atoms with Crippen LogP contribution >= 0.6 is 0 Å². The Morgan fingerprint density at radius 2 is 1.76 bits per heavy atom. The number of piperidine rings is 1. The SMILES string of the molecule is O=C1NC(=O)C(CC(=O)N2CCC3(CC2)CCN(Cc2cccc(C(F)(F)F)c2)c2ccccc2O3)N1. The van der Waals surface area contributed by atoms with Crippen molar-refractivity contribution in [2.24, 2.45) is 0 Å². The van der Waals surface area contributed by atoms with Crippen molar-refractivity contribution in [3.05, 3.63) is 59.7 Å². The number of carbonyl (C=O) groups is 3. The first kappa shape index (κ1) is 24.9. The number of likely N-dealkylation sites (tertiary alicyclic amines) is 1. The van der Waals surface area contributed by atoms with E-state index in [1.165, 1.54) is 12.1 Å². The largest absolute Gasteiger partial charge is 0.485 e. The number of amides is 4. The summed E-state index contributed by atoms with van der Waals surface area (Å²) in [5.74, 6) is -0.0501. The van der Waals surface area contributed by atoms with Gasteiger partial charge in [0.15, 0.2) is 0 Å². The van der Waals surface area contributed by atoms with Crippen molar-refractivity contribution in [3.8, 4) is 5.75 Å². The normalized spacial score (nSPS) is 21.1. The Morgan fingerprint density at radius 3 is 2.46 bits per heavy atom. The summed E-state index contributed by atoms with van der Waals surface area (Å²) < 4.78 is 46.2. The molecule has 0 radical (unpaired) electrons. The Morgan fingerprint density at radius 1 is 1.03 bits per heavy atom. The number of hydrogen-bond donors (Lipinski definition) is 2. The Balaban J connectivity index is 1.27. The van der Waals surface area contributed by atoms with Crippen LogP contribution in [0.1, 0.15) is 36.8 Å². The number of para-hydroxylation sites is 2. The van der Waals surface area contributed by atoms with Gasteiger partial charge in [-0.2, -0.15) is 13.2 Å². The van der Waals surface area contributed by atoms with E-state index in [1.807, 2.05) is 29.2 Å². The van der Waals surface area contributed by atoms with Crippen molar-refractivity contribution in [1.29, 1.82) is 0 Å². The zero-order valence-electron chi connectivity index (χ0n) is 20.0. The standard InChI is InChI=1S/C26H27F3N4O4/c27-26(28,29)18-5-3-4-17(14-18)16-33-13-10-25(37-21-7-2-1-6-20(21)33)8-11-32(12-9-25)22(34)15-19-23(35)31-24(36)30-19/h1-7,14,19H,8-13,15-16H2,(H2,30,31,35,36). The predicted octanol–water partition coefficient (Wildman–Crippen LogP) is 3.45. The van der Waals surface area contributed by atoms with E-state index >= 15 is 0 Å². The van der Waals surface area contributed by atoms with Crippen LogP contribution in [0.15, 0.2) is 48.5 Å². The third kappa shape index (κ3) is 5.35. The van der Waals surface area contributed by atoms with Gasteiger partial charge in [-0.1, -0.05) is 24.3 Å². The Kier molecular flexibility index (Phi) is 6.47. The zero-order chi connectivity index (χ0) is 26.2. The predicted molar refractivity (Wildman–Crippen MR) is 128 cm³/mol. The number of halogens is 3. The lowest BCUT2D eigenvalue weighted by Crippen LogP contribution is -2.51. The van der Waals surface area contributed by atoms with Gasteiger partial charge in [-0.05, 0) is 29.8 Å². The molecule has 0 bridgehead atoms. The van der Waals surface area contributed by atoms with Crippen LogP contribution in [0, 0.1) is 0 Å². The molecule has 1 spiro atoms. The van der Waals surface area contributed by atoms with Crippen LogP contribution in [0.25, 0.3) is 0 Å². The first-order valence-electron chi connectivity index (χ1n) is 12.2. The quantitative estimate of drug-likeness (QED) is 0.608. The lowest BCUT2D eigenvalue weighted by atomic mass is 9.87. The number of imide groups is 1. The number of urea groups is 1. The minimum atomic E-state index is -4.40. The van der Waals surface area contributed by atoms with Crippen LogP contribution in [0.2, 0.25) is 0 Å². The van der Waals surface area contributed by atoms with Crippen LogP contribution in [-0.2, 0) is 22.3 Å². The Hall–Kier alpha value is -3.76. The number of alkyl halides is 3. The number of rotatable bonds is 4. The molecular weight excluding hydrogens is 489 g/mol. The van der Waals surface area contributed by atoms with E-state index in [0.717, 1.165) is 11.8 Å². The molecule has 1 unspecified atom stereocenters. The summed E-state index contributed by atoms with van der Waals surface area (Å²) in [5, 5.41) is 4.58. The summed E-state index contributed by atoms with van der Waals surface area (Å²) in [6.07, 6.45) is -2.71. The fraction of sp³-hybridized carbons (Fsp3) is 0.423. The number of nitrogens with one attached hydrogen (secondary N) is 2. The van der Waals surface area contributed by atoms with Gasteiger partial charge in [-0.15, -0.1) is 0 Å². The number of ether oxygens (including phenoxy) is 1. The molecule has 3 heterocycles. The highest BCUT2D eigenvalue weighted by molar-refractivity contribution is 6.05. The van der Waals surface area contributed by atoms with E-state index < -0.39 is 35.3 Å². The number of anilines is 1. The van der Waals surface area contributed by atoms with Gasteiger partial charge in [0.05, 0.1) is 17.7 Å². The molecule has 0 aromatic heterocycles. The third-order valence-electron chi connectivity index (χ3n) is 7.26. The minimum Gasteiger partial charge on any atom is -0.485 e. The second-order valence-corrected chi connectivity index (χ2v) is 9.72. The molecular formula is C26H27F3N4O4. The van der Waals surface area contributed by atoms with Gasteiger partial charge in [0.1, 0.15) is 17.4 Å². The van der Waals surface area contributed by atoms with Crippen LogP contribution in [-0.4, -0.2) is 54.0 Å². The number of nitrogens with zero attached hydrogens (tertiary/aromatic N) is 2. The number of benzene rings is 2. The molecule has 196 valence electrons. The molecule has 2 aromatic rings. The van der Waals surface area contributed by atoms with Crippen molar-refractivity contribution in [2.75, 3.05) is 24.5 Å². The van der Waals surface area contributed by atoms with E-state index in [-0.39, 0.29) is 12.3 Å². The molecule has 2 fully saturated rings. The fourth-order valence-electron chi connectivity index (χ4n) is 5.20. The highest BCUT2D eigenvalue weighted by Crippen LogP contribution is 2.41. The maximum absolute atomic E-state index is 13.2. The molecule has 8 nitrogen and oxygen atoms in total. The van der Waals surface area contributed by atoms with Crippen molar-refractivity contribution < 1.29 is 32.3 Å². The summed E-state index contributed by atoms with van der Waals surface area (Å²) >= 11 is 0. The fourth-order valence-corrected chi connectivity index (χ4v) is 5.20. The second-order valence-electron chi connectivity index (χ2n) is 9.72. The maximum Gasteiger partial charge on any atom is 0.416 e. The topological polar surface area (TPSA) is 91.0 Å². The molecule has 5 rings (SSSR count). The van der Waals surface area contributed by atoms with Gasteiger partial charge < -0.3 is 19.9 Å². The van der Waals surface area contributed by atoms with E-state index in [2.05, 4.69) is 10.6 Å². The molecule has 2 aromatic carbocycles. The molecule has 3 aliphatic heterocycles. The van der Waals surface area contributed by atoms with Gasteiger partial charge in [0.2, 0.25) is 5.91 Å². The van der Waals surface area contributed by atoms with Crippen LogP contribution in [0.5, 0.6) is 5.75 Å². The maximum atomic E-state index is 13.2. The number of hydrogen-bond acceptors (Lipinski definition) is 5. The van der Waals surface area contributed by atoms with Gasteiger partial charge in [0.25, 0.3) is 5.91 Å². The molecule has 0 aliphatic carbocycles. The van der Waals surface area contributed by atoms with Gasteiger partial charge in [-0.3, -0.25) is 14.9 Å². The van der Waals surface area contributed by atoms with Crippen molar-refractivity contribution in [2.45, 2.75) is 50.0 Å². The summed E-state index contributed by atoms with van der Waals surface area (Å²) in [6, 6.07) is 11.4. The van der Waals surface area contributed by atoms with Gasteiger partial charge in [0, 0.05) is 45.4 Å². The molecule has 2 N–H and O–H groups in total. The van der Waals surface area contributed by atoms with Crippen LogP contribution < -0.4 is 20.3 Å². The molecule has 1 atom stereocenters. The monoisotopic (exact) mass is 516 g/mol. The summed E-state index contributed by atoms with van der Waals surface area (Å²) in [5.41, 5.74) is 0.184.